The van der Waals surface area contributed by atoms with Crippen LogP contribution in [0.2, 0.25) is 0 Å². The fraction of sp³-hybridized carbons (Fsp3) is 0. The van der Waals surface area contributed by atoms with Gasteiger partial charge in [-0.05, 0) is 35.9 Å². The molecule has 0 saturated heterocycles. The predicted octanol–water partition coefficient (Wildman–Crippen LogP) is 2.67. The number of nitrogens with one attached hydrogen (secondary N) is 2. The number of hydrogen-bond donors (Lipinski definition) is 5. The lowest BCUT2D eigenvalue weighted by Gasteiger charge is -2.24. The Kier molecular flexibility index (Phi) is 5.31. The van der Waals surface area contributed by atoms with Crippen molar-refractivity contribution in [2.24, 2.45) is 0 Å². The molecule has 1 aliphatic carbocycles. The van der Waals surface area contributed by atoms with Crippen LogP contribution in [0.4, 0.5) is 11.4 Å². The van der Waals surface area contributed by atoms with Crippen LogP contribution in [0.3, 0.4) is 0 Å². The molecule has 1 aromatic heterocycles. The first kappa shape index (κ1) is 24.3. The molecule has 14 heteroatoms. The maximum atomic E-state index is 13.6. The van der Waals surface area contributed by atoms with Gasteiger partial charge in [-0.1, -0.05) is 24.3 Å². The number of pyridine rings is 1. The van der Waals surface area contributed by atoms with Gasteiger partial charge >= 0.3 is 5.97 Å². The van der Waals surface area contributed by atoms with Crippen LogP contribution in [0.15, 0.2) is 69.2 Å². The summed E-state index contributed by atoms with van der Waals surface area (Å²) in [6, 6.07) is 11.1. The maximum absolute atomic E-state index is 13.6. The molecular formula is C23H14N2O10S2. The maximum Gasteiger partial charge on any atom is 0.342 e. The van der Waals surface area contributed by atoms with E-state index in [9.17, 15) is 45.4 Å². The molecule has 3 aromatic carbocycles. The van der Waals surface area contributed by atoms with E-state index in [1.165, 1.54) is 24.3 Å². The average molecular weight is 543 g/mol. The Hall–Kier alpha value is -4.37. The lowest BCUT2D eigenvalue weighted by atomic mass is 9.81. The van der Waals surface area contributed by atoms with Crippen molar-refractivity contribution in [2.45, 2.75) is 9.79 Å². The van der Waals surface area contributed by atoms with Gasteiger partial charge in [-0.2, -0.15) is 16.8 Å². The third-order valence-corrected chi connectivity index (χ3v) is 7.60. The molecule has 188 valence electrons. The highest BCUT2D eigenvalue weighted by Gasteiger charge is 2.33. The molecule has 0 unspecified atom stereocenters. The summed E-state index contributed by atoms with van der Waals surface area (Å²) in [7, 11) is -9.85. The summed E-state index contributed by atoms with van der Waals surface area (Å²) in [5.41, 5.74) is -1.49. The molecule has 0 bridgehead atoms. The van der Waals surface area contributed by atoms with E-state index in [2.05, 4.69) is 10.3 Å². The lowest BCUT2D eigenvalue weighted by Crippen LogP contribution is -2.23. The second-order valence-electron chi connectivity index (χ2n) is 8.03. The van der Waals surface area contributed by atoms with E-state index in [4.69, 9.17) is 0 Å². The fourth-order valence-corrected chi connectivity index (χ4v) is 5.62. The van der Waals surface area contributed by atoms with Crippen LogP contribution < -0.4 is 10.9 Å². The first-order valence-corrected chi connectivity index (χ1v) is 13.1. The first-order valence-electron chi connectivity index (χ1n) is 10.3. The van der Waals surface area contributed by atoms with Crippen LogP contribution in [-0.4, -0.2) is 47.8 Å². The van der Waals surface area contributed by atoms with Gasteiger partial charge < -0.3 is 15.4 Å². The standard InChI is InChI=1S/C23H14N2O10S2/c26-21-12-4-2-1-3-11(12)17-18-14(25-22(27)20(17)23(28)29)7-8-15(19(18)21)24-13-6-5-10(36(30,31)32)9-16(13)37(33,34)35/h1-9,24H,(H,25,27)(H,28,29)(H,30,31,32)(H,33,34,35). The molecule has 0 radical (unpaired) electrons. The van der Waals surface area contributed by atoms with E-state index in [0.717, 1.165) is 12.1 Å². The zero-order chi connectivity index (χ0) is 26.9. The van der Waals surface area contributed by atoms with Crippen LogP contribution in [0.5, 0.6) is 0 Å². The monoisotopic (exact) mass is 542 g/mol. The number of carboxylic acids is 1. The number of fused-ring (bicyclic) bond motifs is 2. The Bertz CT molecular complexity index is 1980. The number of ketones is 1. The fourth-order valence-electron chi connectivity index (χ4n) is 4.36. The van der Waals surface area contributed by atoms with Gasteiger partial charge in [-0.15, -0.1) is 0 Å². The number of anilines is 2. The number of rotatable bonds is 5. The summed E-state index contributed by atoms with van der Waals surface area (Å²) >= 11 is 0. The van der Waals surface area contributed by atoms with Gasteiger partial charge in [0.2, 0.25) is 0 Å². The van der Waals surface area contributed by atoms with Crippen molar-refractivity contribution in [2.75, 3.05) is 5.32 Å². The van der Waals surface area contributed by atoms with Gasteiger partial charge in [0.15, 0.2) is 5.78 Å². The number of H-pyrrole nitrogens is 1. The Balaban J connectivity index is 1.84. The highest BCUT2D eigenvalue weighted by atomic mass is 32.2. The van der Waals surface area contributed by atoms with Crippen LogP contribution in [-0.2, 0) is 20.2 Å². The zero-order valence-corrected chi connectivity index (χ0v) is 19.8. The minimum absolute atomic E-state index is 0.00294. The van der Waals surface area contributed by atoms with Gasteiger partial charge in [0.25, 0.3) is 25.8 Å². The summed E-state index contributed by atoms with van der Waals surface area (Å²) in [4.78, 5) is 39.0. The zero-order valence-electron chi connectivity index (χ0n) is 18.2. The molecule has 0 aliphatic heterocycles. The Morgan fingerprint density at radius 2 is 1.46 bits per heavy atom. The van der Waals surface area contributed by atoms with Crippen LogP contribution in [0.1, 0.15) is 26.3 Å². The van der Waals surface area contributed by atoms with Crippen molar-refractivity contribution in [3.05, 3.63) is 81.6 Å². The molecule has 5 rings (SSSR count). The molecule has 0 atom stereocenters. The van der Waals surface area contributed by atoms with E-state index in [1.807, 2.05) is 0 Å². The van der Waals surface area contributed by atoms with E-state index in [1.54, 1.807) is 12.1 Å². The number of carbonyl (C=O) groups excluding carboxylic acids is 1. The molecule has 0 spiro atoms. The summed E-state index contributed by atoms with van der Waals surface area (Å²) in [6.07, 6.45) is 0. The second kappa shape index (κ2) is 8.07. The second-order valence-corrected chi connectivity index (χ2v) is 10.8. The highest BCUT2D eigenvalue weighted by molar-refractivity contribution is 7.86. The number of hydrogen-bond acceptors (Lipinski definition) is 8. The van der Waals surface area contributed by atoms with Crippen molar-refractivity contribution in [3.63, 3.8) is 0 Å². The minimum Gasteiger partial charge on any atom is -0.477 e. The van der Waals surface area contributed by atoms with Crippen LogP contribution >= 0.6 is 0 Å². The predicted molar refractivity (Wildman–Crippen MR) is 130 cm³/mol. The van der Waals surface area contributed by atoms with Crippen molar-refractivity contribution < 1.29 is 40.6 Å². The number of aromatic nitrogens is 1. The Morgan fingerprint density at radius 3 is 2.08 bits per heavy atom. The average Bonchev–Trinajstić information content (AvgIpc) is 2.81. The van der Waals surface area contributed by atoms with Crippen molar-refractivity contribution in [1.82, 2.24) is 4.98 Å². The molecule has 0 amide bonds. The summed E-state index contributed by atoms with van der Waals surface area (Å²) in [5, 5.41) is 12.6. The number of benzene rings is 3. The minimum atomic E-state index is -5.03. The van der Waals surface area contributed by atoms with Gasteiger partial charge in [0.05, 0.1) is 21.8 Å². The third kappa shape index (κ3) is 3.88. The SMILES string of the molecule is O=C(O)c1c2c3c(c(Nc4ccc(S(=O)(=O)O)cc4S(=O)(=O)O)ccc3[nH]c1=O)C(=O)c1ccccc1-2. The molecule has 1 aliphatic rings. The first-order chi connectivity index (χ1) is 17.3. The highest BCUT2D eigenvalue weighted by Crippen LogP contribution is 2.43. The van der Waals surface area contributed by atoms with Gasteiger partial charge in [0, 0.05) is 22.0 Å². The molecule has 0 fully saturated rings. The number of carboxylic acid groups (broad SMARTS) is 1. The quantitative estimate of drug-likeness (QED) is 0.204. The van der Waals surface area contributed by atoms with Gasteiger partial charge in [0.1, 0.15) is 10.5 Å². The lowest BCUT2D eigenvalue weighted by molar-refractivity contribution is 0.0695. The molecular weight excluding hydrogens is 528 g/mol. The van der Waals surface area contributed by atoms with Crippen LogP contribution in [0, 0.1) is 0 Å². The van der Waals surface area contributed by atoms with E-state index >= 15 is 0 Å². The molecule has 1 heterocycles. The number of carbonyl (C=O) groups is 2. The molecule has 37 heavy (non-hydrogen) atoms. The number of aromatic carboxylic acids is 1. The summed E-state index contributed by atoms with van der Waals surface area (Å²) < 4.78 is 65.9. The topological polar surface area (TPSA) is 208 Å². The largest absolute Gasteiger partial charge is 0.477 e. The summed E-state index contributed by atoms with van der Waals surface area (Å²) in [5.74, 6) is -2.09. The Morgan fingerprint density at radius 1 is 0.811 bits per heavy atom. The number of aromatic amines is 1. The third-order valence-electron chi connectivity index (χ3n) is 5.86. The van der Waals surface area contributed by atoms with Crippen molar-refractivity contribution in [3.8, 4) is 11.1 Å². The molecule has 5 N–H and O–H groups in total. The Labute approximate surface area is 207 Å². The van der Waals surface area contributed by atoms with E-state index in [-0.39, 0.29) is 44.5 Å². The molecule has 4 aromatic rings. The smallest absolute Gasteiger partial charge is 0.342 e. The normalized spacial score (nSPS) is 12.9. The van der Waals surface area contributed by atoms with Crippen molar-refractivity contribution in [1.29, 1.82) is 0 Å². The molecule has 0 saturated carbocycles. The van der Waals surface area contributed by atoms with Gasteiger partial charge in [-0.3, -0.25) is 18.7 Å². The van der Waals surface area contributed by atoms with Crippen molar-refractivity contribution >= 4 is 54.3 Å². The van der Waals surface area contributed by atoms with E-state index < -0.39 is 52.9 Å². The molecule has 12 nitrogen and oxygen atoms in total. The van der Waals surface area contributed by atoms with E-state index in [0.29, 0.717) is 6.07 Å². The summed E-state index contributed by atoms with van der Waals surface area (Å²) in [6.45, 7) is 0. The van der Waals surface area contributed by atoms with Gasteiger partial charge in [-0.25, -0.2) is 4.79 Å². The van der Waals surface area contributed by atoms with Crippen LogP contribution in [0.25, 0.3) is 22.0 Å².